The van der Waals surface area contributed by atoms with E-state index in [0.29, 0.717) is 6.42 Å². The predicted octanol–water partition coefficient (Wildman–Crippen LogP) is 5.83. The Morgan fingerprint density at radius 3 is 2.15 bits per heavy atom. The van der Waals surface area contributed by atoms with Crippen LogP contribution in [0.2, 0.25) is 0 Å². The minimum atomic E-state index is 0.431. The van der Waals surface area contributed by atoms with Gasteiger partial charge >= 0.3 is 0 Å². The number of hydrogen-bond acceptors (Lipinski definition) is 3. The molecule has 126 valence electrons. The van der Waals surface area contributed by atoms with Crippen molar-refractivity contribution in [3.63, 3.8) is 0 Å². The number of benzene rings is 2. The first-order valence-electron chi connectivity index (χ1n) is 8.38. The van der Waals surface area contributed by atoms with Gasteiger partial charge in [-0.25, -0.2) is 0 Å². The third kappa shape index (κ3) is 4.28. The molecule has 27 heavy (non-hydrogen) atoms. The molecule has 2 aromatic carbocycles. The van der Waals surface area contributed by atoms with Crippen LogP contribution in [0.5, 0.6) is 0 Å². The fourth-order valence-electron chi connectivity index (χ4n) is 2.57. The summed E-state index contributed by atoms with van der Waals surface area (Å²) in [7, 11) is 0. The Kier molecular flexibility index (Phi) is 5.04. The summed E-state index contributed by atoms with van der Waals surface area (Å²) in [6.45, 7) is 0. The maximum atomic E-state index is 8.71. The van der Waals surface area contributed by atoms with Gasteiger partial charge in [-0.15, -0.1) is 22.7 Å². The van der Waals surface area contributed by atoms with Crippen LogP contribution in [0.3, 0.4) is 0 Å². The molecule has 1 nitrogen and oxygen atoms in total. The molecule has 4 rings (SSSR count). The van der Waals surface area contributed by atoms with Crippen LogP contribution in [0.25, 0.3) is 10.1 Å². The van der Waals surface area contributed by atoms with Crippen molar-refractivity contribution in [1.82, 2.24) is 0 Å². The zero-order valence-electron chi connectivity index (χ0n) is 14.3. The minimum Gasteiger partial charge on any atom is -0.198 e. The molecule has 4 aromatic rings. The highest BCUT2D eigenvalue weighted by molar-refractivity contribution is 7.19. The summed E-state index contributed by atoms with van der Waals surface area (Å²) in [6.07, 6.45) is 0.431. The van der Waals surface area contributed by atoms with E-state index in [1.807, 2.05) is 42.5 Å². The minimum absolute atomic E-state index is 0.431. The number of fused-ring (bicyclic) bond motifs is 1. The maximum Gasteiger partial charge on any atom is 0.0785 e. The van der Waals surface area contributed by atoms with Gasteiger partial charge in [-0.3, -0.25) is 0 Å². The molecular weight excluding hydrogens is 366 g/mol. The molecule has 0 amide bonds. The van der Waals surface area contributed by atoms with Gasteiger partial charge in [0.05, 0.1) is 27.1 Å². The summed E-state index contributed by atoms with van der Waals surface area (Å²) in [4.78, 5) is 3.09. The van der Waals surface area contributed by atoms with Crippen LogP contribution in [0.1, 0.15) is 25.8 Å². The third-order valence-electron chi connectivity index (χ3n) is 3.91. The lowest BCUT2D eigenvalue weighted by atomic mass is 10.1. The van der Waals surface area contributed by atoms with Gasteiger partial charge in [0, 0.05) is 10.3 Å². The molecule has 0 bridgehead atoms. The fraction of sp³-hybridized carbons (Fsp3) is 0.0417. The van der Waals surface area contributed by atoms with Gasteiger partial charge in [-0.1, -0.05) is 42.2 Å². The van der Waals surface area contributed by atoms with Crippen molar-refractivity contribution in [3.8, 4) is 29.8 Å². The topological polar surface area (TPSA) is 23.8 Å². The second-order valence-electron chi connectivity index (χ2n) is 5.84. The monoisotopic (exact) mass is 379 g/mol. The molecule has 0 radical (unpaired) electrons. The Hall–Kier alpha value is -3.29. The van der Waals surface area contributed by atoms with Crippen molar-refractivity contribution in [2.45, 2.75) is 6.42 Å². The molecule has 0 aliphatic carbocycles. The Bertz CT molecular complexity index is 1230. The molecule has 0 aliphatic rings. The summed E-state index contributed by atoms with van der Waals surface area (Å²) < 4.78 is 1.26. The van der Waals surface area contributed by atoms with Crippen LogP contribution >= 0.6 is 22.7 Å². The quantitative estimate of drug-likeness (QED) is 0.382. The van der Waals surface area contributed by atoms with E-state index in [2.05, 4.69) is 54.0 Å². The lowest BCUT2D eigenvalue weighted by molar-refractivity contribution is 1.26. The molecule has 0 unspecified atom stereocenters. The number of thiophene rings is 2. The van der Waals surface area contributed by atoms with Crippen LogP contribution < -0.4 is 0 Å². The van der Waals surface area contributed by atoms with Crippen LogP contribution in [0.4, 0.5) is 0 Å². The van der Waals surface area contributed by atoms with E-state index in [4.69, 9.17) is 5.26 Å². The smallest absolute Gasteiger partial charge is 0.0785 e. The molecule has 3 heteroatoms. The third-order valence-corrected chi connectivity index (χ3v) is 5.86. The Labute approximate surface area is 166 Å². The zero-order valence-corrected chi connectivity index (χ0v) is 16.0. The summed E-state index contributed by atoms with van der Waals surface area (Å²) in [5.74, 6) is 12.9. The Morgan fingerprint density at radius 1 is 0.704 bits per heavy atom. The van der Waals surface area contributed by atoms with E-state index in [9.17, 15) is 0 Å². The molecule has 0 saturated heterocycles. The molecule has 0 saturated carbocycles. The first-order chi connectivity index (χ1) is 13.3. The molecule has 0 aliphatic heterocycles. The first kappa shape index (κ1) is 17.1. The highest BCUT2D eigenvalue weighted by Gasteiger charge is 1.99. The van der Waals surface area contributed by atoms with Gasteiger partial charge in [0.1, 0.15) is 0 Å². The molecule has 0 spiro atoms. The zero-order chi connectivity index (χ0) is 18.5. The van der Waals surface area contributed by atoms with Gasteiger partial charge in [0.2, 0.25) is 0 Å². The van der Waals surface area contributed by atoms with E-state index in [-0.39, 0.29) is 0 Å². The van der Waals surface area contributed by atoms with Gasteiger partial charge < -0.3 is 0 Å². The van der Waals surface area contributed by atoms with Crippen LogP contribution in [-0.2, 0) is 6.42 Å². The number of nitrogens with zero attached hydrogens (tertiary/aromatic N) is 1. The van der Waals surface area contributed by atoms with Crippen molar-refractivity contribution in [3.05, 3.63) is 92.5 Å². The van der Waals surface area contributed by atoms with E-state index in [1.54, 1.807) is 22.7 Å². The van der Waals surface area contributed by atoms with E-state index >= 15 is 0 Å². The van der Waals surface area contributed by atoms with Crippen LogP contribution in [-0.4, -0.2) is 0 Å². The average molecular weight is 380 g/mol. The number of nitriles is 1. The van der Waals surface area contributed by atoms with Crippen LogP contribution in [0.15, 0.2) is 66.7 Å². The molecule has 0 atom stereocenters. The SMILES string of the molecule is N#CCc1ccc(C#Cc2ccc(C#Cc3cc4ccccc4s3)s2)cc1. The van der Waals surface area contributed by atoms with Crippen LogP contribution in [0, 0.1) is 35.0 Å². The average Bonchev–Trinajstić information content (AvgIpc) is 3.32. The lowest BCUT2D eigenvalue weighted by Gasteiger charge is -1.93. The molecule has 0 N–H and O–H groups in total. The largest absolute Gasteiger partial charge is 0.198 e. The normalized spacial score (nSPS) is 9.74. The van der Waals surface area contributed by atoms with Crippen molar-refractivity contribution >= 4 is 32.8 Å². The highest BCUT2D eigenvalue weighted by atomic mass is 32.1. The van der Waals surface area contributed by atoms with E-state index in [0.717, 1.165) is 25.8 Å². The number of hydrogen-bond donors (Lipinski definition) is 0. The van der Waals surface area contributed by atoms with Crippen molar-refractivity contribution < 1.29 is 0 Å². The van der Waals surface area contributed by atoms with E-state index < -0.39 is 0 Å². The summed E-state index contributed by atoms with van der Waals surface area (Å²) >= 11 is 3.32. The van der Waals surface area contributed by atoms with Crippen molar-refractivity contribution in [1.29, 1.82) is 5.26 Å². The fourth-order valence-corrected chi connectivity index (χ4v) is 4.20. The summed E-state index contributed by atoms with van der Waals surface area (Å²) in [6, 6.07) is 24.5. The van der Waals surface area contributed by atoms with Gasteiger partial charge in [0.25, 0.3) is 0 Å². The summed E-state index contributed by atoms with van der Waals surface area (Å²) in [5.41, 5.74) is 1.96. The maximum absolute atomic E-state index is 8.71. The number of rotatable bonds is 1. The first-order valence-corrected chi connectivity index (χ1v) is 10.0. The molecule has 2 heterocycles. The predicted molar refractivity (Wildman–Crippen MR) is 114 cm³/mol. The van der Waals surface area contributed by atoms with Gasteiger partial charge in [-0.05, 0) is 59.2 Å². The molecular formula is C24H13NS2. The standard InChI is InChI=1S/C24H13NS2/c25-16-15-19-7-5-18(6-8-19)9-10-21-11-12-22(26-21)13-14-23-17-20-3-1-2-4-24(20)27-23/h1-8,11-12,17H,15H2. The Balaban J connectivity index is 1.49. The van der Waals surface area contributed by atoms with Crippen molar-refractivity contribution in [2.75, 3.05) is 0 Å². The van der Waals surface area contributed by atoms with Gasteiger partial charge in [0.15, 0.2) is 0 Å². The van der Waals surface area contributed by atoms with E-state index in [1.165, 1.54) is 10.1 Å². The second kappa shape index (κ2) is 7.94. The second-order valence-corrected chi connectivity index (χ2v) is 8.01. The lowest BCUT2D eigenvalue weighted by Crippen LogP contribution is -1.81. The summed E-state index contributed by atoms with van der Waals surface area (Å²) in [5, 5.41) is 9.95. The van der Waals surface area contributed by atoms with Crippen molar-refractivity contribution in [2.24, 2.45) is 0 Å². The van der Waals surface area contributed by atoms with Gasteiger partial charge in [-0.2, -0.15) is 5.26 Å². The molecule has 2 aromatic heterocycles. The molecule has 0 fully saturated rings. The highest BCUT2D eigenvalue weighted by Crippen LogP contribution is 2.24. The Morgan fingerprint density at radius 2 is 1.41 bits per heavy atom.